The quantitative estimate of drug-likeness (QED) is 0.311. The number of halogens is 1. The number of nitrogens with zero attached hydrogens (tertiary/aromatic N) is 3. The van der Waals surface area contributed by atoms with Crippen molar-refractivity contribution in [3.05, 3.63) is 48.3 Å². The van der Waals surface area contributed by atoms with E-state index in [0.29, 0.717) is 61.7 Å². The van der Waals surface area contributed by atoms with Crippen molar-refractivity contribution in [2.45, 2.75) is 77.4 Å². The smallest absolute Gasteiger partial charge is 0.410 e. The fraction of sp³-hybridized carbons (Fsp3) is 0.571. The molecule has 2 N–H and O–H groups in total. The van der Waals surface area contributed by atoms with Crippen molar-refractivity contribution < 1.29 is 38.1 Å². The maximum Gasteiger partial charge on any atom is 0.410 e. The lowest BCUT2D eigenvalue weighted by atomic mass is 9.91. The lowest BCUT2D eigenvalue weighted by Gasteiger charge is -2.35. The number of pyridine rings is 1. The van der Waals surface area contributed by atoms with Gasteiger partial charge in [-0.3, -0.25) is 19.4 Å². The molecule has 3 amide bonds. The molecular formula is C35H47FN4O7. The molecule has 0 radical (unpaired) electrons. The number of nitrogens with one attached hydrogen (secondary N) is 1. The van der Waals surface area contributed by atoms with Crippen LogP contribution in [0.5, 0.6) is 5.75 Å². The third-order valence-corrected chi connectivity index (χ3v) is 8.55. The molecule has 2 aliphatic heterocycles. The van der Waals surface area contributed by atoms with Gasteiger partial charge in [0.1, 0.15) is 24.6 Å². The normalized spacial score (nSPS) is 17.9. The first-order chi connectivity index (χ1) is 22.4. The summed E-state index contributed by atoms with van der Waals surface area (Å²) in [5.41, 5.74) is 1.45. The van der Waals surface area contributed by atoms with Crippen LogP contribution >= 0.6 is 0 Å². The number of rotatable bonds is 12. The monoisotopic (exact) mass is 654 g/mol. The molecule has 2 saturated heterocycles. The number of carbonyl (C=O) groups is 4. The van der Waals surface area contributed by atoms with Crippen LogP contribution in [0.4, 0.5) is 9.18 Å². The predicted molar refractivity (Wildman–Crippen MR) is 173 cm³/mol. The van der Waals surface area contributed by atoms with E-state index in [0.717, 1.165) is 24.8 Å². The van der Waals surface area contributed by atoms with E-state index in [-0.39, 0.29) is 37.5 Å². The molecular weight excluding hydrogens is 607 g/mol. The second-order valence-electron chi connectivity index (χ2n) is 13.4. The number of ether oxygens (including phenoxy) is 2. The van der Waals surface area contributed by atoms with Crippen LogP contribution in [-0.4, -0.2) is 88.8 Å². The fourth-order valence-electron chi connectivity index (χ4n) is 6.08. The molecule has 3 heterocycles. The van der Waals surface area contributed by atoms with E-state index in [1.807, 2.05) is 26.8 Å². The van der Waals surface area contributed by atoms with Crippen molar-refractivity contribution in [3.8, 4) is 16.9 Å². The summed E-state index contributed by atoms with van der Waals surface area (Å²) in [6, 6.07) is 8.05. The molecule has 256 valence electrons. The zero-order valence-corrected chi connectivity index (χ0v) is 27.6. The van der Waals surface area contributed by atoms with Crippen molar-refractivity contribution in [2.24, 2.45) is 11.8 Å². The zero-order chi connectivity index (χ0) is 34.0. The van der Waals surface area contributed by atoms with Crippen molar-refractivity contribution in [1.82, 2.24) is 20.1 Å². The number of piperidine rings is 2. The largest absolute Gasteiger partial charge is 0.491 e. The van der Waals surface area contributed by atoms with Crippen LogP contribution in [0.1, 0.15) is 77.3 Å². The summed E-state index contributed by atoms with van der Waals surface area (Å²) in [5, 5.41) is 12.6. The Kier molecular flexibility index (Phi) is 12.6. The van der Waals surface area contributed by atoms with E-state index in [2.05, 4.69) is 10.3 Å². The Balaban J connectivity index is 1.32. The summed E-state index contributed by atoms with van der Waals surface area (Å²) in [5.74, 6) is -0.973. The Morgan fingerprint density at radius 1 is 1.04 bits per heavy atom. The zero-order valence-electron chi connectivity index (χ0n) is 27.6. The van der Waals surface area contributed by atoms with Gasteiger partial charge in [-0.05, 0) is 88.1 Å². The van der Waals surface area contributed by atoms with Crippen LogP contribution in [0.2, 0.25) is 0 Å². The van der Waals surface area contributed by atoms with Crippen molar-refractivity contribution >= 4 is 23.9 Å². The number of carbonyl (C=O) groups excluding carboxylic acids is 3. The molecule has 2 aliphatic rings. The number of hydrogen-bond donors (Lipinski definition) is 2. The molecule has 0 spiro atoms. The molecule has 47 heavy (non-hydrogen) atoms. The molecule has 0 bridgehead atoms. The third kappa shape index (κ3) is 10.9. The number of aromatic nitrogens is 1. The summed E-state index contributed by atoms with van der Waals surface area (Å²) >= 11 is 0. The van der Waals surface area contributed by atoms with Crippen LogP contribution in [-0.2, 0) is 19.1 Å². The highest BCUT2D eigenvalue weighted by atomic mass is 19.1. The number of likely N-dealkylation sites (tertiary alicyclic amines) is 2. The molecule has 0 saturated carbocycles. The van der Waals surface area contributed by atoms with Gasteiger partial charge in [0.05, 0.1) is 18.4 Å². The van der Waals surface area contributed by atoms with Gasteiger partial charge < -0.3 is 29.7 Å². The van der Waals surface area contributed by atoms with E-state index in [9.17, 15) is 28.7 Å². The molecule has 0 aliphatic carbocycles. The van der Waals surface area contributed by atoms with Gasteiger partial charge in [-0.2, -0.15) is 0 Å². The minimum absolute atomic E-state index is 0.00813. The summed E-state index contributed by atoms with van der Waals surface area (Å²) < 4.78 is 23.4. The lowest BCUT2D eigenvalue weighted by Crippen LogP contribution is -2.46. The Morgan fingerprint density at radius 3 is 2.51 bits per heavy atom. The van der Waals surface area contributed by atoms with Crippen molar-refractivity contribution in [3.63, 3.8) is 0 Å². The molecule has 2 atom stereocenters. The van der Waals surface area contributed by atoms with Crippen LogP contribution < -0.4 is 10.1 Å². The van der Waals surface area contributed by atoms with Gasteiger partial charge in [0.2, 0.25) is 11.8 Å². The molecule has 1 aromatic carbocycles. The highest BCUT2D eigenvalue weighted by Crippen LogP contribution is 2.28. The summed E-state index contributed by atoms with van der Waals surface area (Å²) in [6.45, 7) is 6.95. The van der Waals surface area contributed by atoms with Gasteiger partial charge in [0.15, 0.2) is 0 Å². The molecule has 4 rings (SSSR count). The number of aliphatic carboxylic acids is 1. The Bertz CT molecular complexity index is 1390. The SMILES string of the molecule is CC(C)(C)OC(=O)N1CCC(CCC(=O)N2CCC[C@@H](C(=O)NC(CC(=O)O)c3cncc(-c4cccc(OCCF)c4)c3)C2)CC1. The van der Waals surface area contributed by atoms with Crippen molar-refractivity contribution in [2.75, 3.05) is 39.5 Å². The molecule has 2 fully saturated rings. The Labute approximate surface area is 275 Å². The van der Waals surface area contributed by atoms with E-state index in [4.69, 9.17) is 9.47 Å². The minimum Gasteiger partial charge on any atom is -0.491 e. The summed E-state index contributed by atoms with van der Waals surface area (Å²) in [4.78, 5) is 58.6. The second-order valence-corrected chi connectivity index (χ2v) is 13.4. The highest BCUT2D eigenvalue weighted by Gasteiger charge is 2.32. The fourth-order valence-corrected chi connectivity index (χ4v) is 6.08. The summed E-state index contributed by atoms with van der Waals surface area (Å²) in [6.07, 6.45) is 6.55. The van der Waals surface area contributed by atoms with Gasteiger partial charge in [-0.25, -0.2) is 9.18 Å². The first-order valence-electron chi connectivity index (χ1n) is 16.4. The standard InChI is InChI=1S/C35H47FN4O7/c1-35(2,3)47-34(45)39-15-11-24(12-16-39)9-10-31(41)40-14-5-7-26(23-40)33(44)38-30(20-32(42)43)28-18-27(21-37-22-28)25-6-4-8-29(19-25)46-17-13-36/h4,6,8,18-19,21-22,24,26,30H,5,7,9-17,20,23H2,1-3H3,(H,38,44)(H,42,43)/t26-,30?/m1/s1. The number of hydrogen-bond acceptors (Lipinski definition) is 7. The molecule has 12 heteroatoms. The topological polar surface area (TPSA) is 138 Å². The van der Waals surface area contributed by atoms with Gasteiger partial charge in [0, 0.05) is 50.6 Å². The van der Waals surface area contributed by atoms with Crippen LogP contribution in [0, 0.1) is 11.8 Å². The molecule has 2 aromatic rings. The number of carboxylic acids is 1. The van der Waals surface area contributed by atoms with Gasteiger partial charge in [-0.15, -0.1) is 0 Å². The van der Waals surface area contributed by atoms with E-state index >= 15 is 0 Å². The van der Waals surface area contributed by atoms with E-state index in [1.54, 1.807) is 40.3 Å². The number of benzene rings is 1. The average molecular weight is 655 g/mol. The number of carboxylic acid groups (broad SMARTS) is 1. The predicted octanol–water partition coefficient (Wildman–Crippen LogP) is 5.39. The van der Waals surface area contributed by atoms with Gasteiger partial charge in [-0.1, -0.05) is 12.1 Å². The van der Waals surface area contributed by atoms with Gasteiger partial charge in [0.25, 0.3) is 0 Å². The maximum atomic E-state index is 13.5. The Hall–Kier alpha value is -4.22. The summed E-state index contributed by atoms with van der Waals surface area (Å²) in [7, 11) is 0. The second kappa shape index (κ2) is 16.6. The molecule has 11 nitrogen and oxygen atoms in total. The van der Waals surface area contributed by atoms with Crippen LogP contribution in [0.25, 0.3) is 11.1 Å². The first kappa shape index (κ1) is 35.6. The first-order valence-corrected chi connectivity index (χ1v) is 16.4. The highest BCUT2D eigenvalue weighted by molar-refractivity contribution is 5.82. The molecule has 1 unspecified atom stereocenters. The van der Waals surface area contributed by atoms with E-state index < -0.39 is 30.2 Å². The Morgan fingerprint density at radius 2 is 1.81 bits per heavy atom. The third-order valence-electron chi connectivity index (χ3n) is 8.55. The van der Waals surface area contributed by atoms with E-state index in [1.165, 1.54) is 6.20 Å². The van der Waals surface area contributed by atoms with Crippen molar-refractivity contribution in [1.29, 1.82) is 0 Å². The van der Waals surface area contributed by atoms with Gasteiger partial charge >= 0.3 is 12.1 Å². The lowest BCUT2D eigenvalue weighted by molar-refractivity contribution is -0.138. The number of amides is 3. The number of alkyl halides is 1. The van der Waals surface area contributed by atoms with Crippen LogP contribution in [0.3, 0.4) is 0 Å². The minimum atomic E-state index is -1.07. The average Bonchev–Trinajstić information content (AvgIpc) is 3.05. The maximum absolute atomic E-state index is 13.5. The molecule has 1 aromatic heterocycles. The van der Waals surface area contributed by atoms with Crippen LogP contribution in [0.15, 0.2) is 42.7 Å².